The average Bonchev–Trinajstić information content (AvgIpc) is 3.15. The Labute approximate surface area is 133 Å². The lowest BCUT2D eigenvalue weighted by Gasteiger charge is -2.27. The first kappa shape index (κ1) is 14.0. The highest BCUT2D eigenvalue weighted by atomic mass is 32.1. The molecule has 2 unspecified atom stereocenters. The normalized spacial score (nSPS) is 23.6. The molecule has 2 aliphatic heterocycles. The molecule has 2 atom stereocenters. The average molecular weight is 317 g/mol. The first-order valence-corrected chi connectivity index (χ1v) is 8.65. The van der Waals surface area contributed by atoms with Crippen molar-refractivity contribution in [3.8, 4) is 0 Å². The molecule has 0 radical (unpaired) electrons. The first-order valence-electron chi connectivity index (χ1n) is 7.77. The van der Waals surface area contributed by atoms with Crippen LogP contribution in [0, 0.1) is 0 Å². The SMILES string of the molecule is O=C(CC1OCCc2ccsc21)NC1CCc2nccn2C1. The summed E-state index contributed by atoms with van der Waals surface area (Å²) in [6, 6.07) is 2.34. The van der Waals surface area contributed by atoms with E-state index in [-0.39, 0.29) is 18.1 Å². The second-order valence-electron chi connectivity index (χ2n) is 5.92. The van der Waals surface area contributed by atoms with Gasteiger partial charge in [0.1, 0.15) is 11.9 Å². The molecule has 6 heteroatoms. The number of rotatable bonds is 3. The van der Waals surface area contributed by atoms with Crippen molar-refractivity contribution in [1.82, 2.24) is 14.9 Å². The van der Waals surface area contributed by atoms with Gasteiger partial charge in [-0.15, -0.1) is 11.3 Å². The fourth-order valence-electron chi connectivity index (χ4n) is 3.31. The summed E-state index contributed by atoms with van der Waals surface area (Å²) in [5.41, 5.74) is 1.34. The molecule has 4 heterocycles. The van der Waals surface area contributed by atoms with E-state index in [0.717, 1.165) is 31.6 Å². The largest absolute Gasteiger partial charge is 0.372 e. The second kappa shape index (κ2) is 5.85. The molecule has 1 amide bonds. The van der Waals surface area contributed by atoms with Gasteiger partial charge in [-0.1, -0.05) is 0 Å². The van der Waals surface area contributed by atoms with Crippen molar-refractivity contribution in [3.05, 3.63) is 40.1 Å². The molecule has 0 saturated carbocycles. The highest BCUT2D eigenvalue weighted by Gasteiger charge is 2.26. The number of imidazole rings is 1. The minimum absolute atomic E-state index is 0.0730. The van der Waals surface area contributed by atoms with Gasteiger partial charge in [-0.05, 0) is 29.9 Å². The van der Waals surface area contributed by atoms with Crippen molar-refractivity contribution < 1.29 is 9.53 Å². The Balaban J connectivity index is 1.36. The number of nitrogens with one attached hydrogen (secondary N) is 1. The van der Waals surface area contributed by atoms with Crippen molar-refractivity contribution in [2.75, 3.05) is 6.61 Å². The Morgan fingerprint density at radius 1 is 1.50 bits per heavy atom. The van der Waals surface area contributed by atoms with Gasteiger partial charge in [-0.2, -0.15) is 0 Å². The van der Waals surface area contributed by atoms with Gasteiger partial charge in [-0.25, -0.2) is 4.98 Å². The van der Waals surface area contributed by atoms with Crippen LogP contribution in [0.15, 0.2) is 23.8 Å². The van der Waals surface area contributed by atoms with Crippen molar-refractivity contribution in [3.63, 3.8) is 0 Å². The molecule has 0 saturated heterocycles. The molecule has 0 bridgehead atoms. The minimum Gasteiger partial charge on any atom is -0.372 e. The molecular formula is C16H19N3O2S. The summed E-state index contributed by atoms with van der Waals surface area (Å²) in [5.74, 6) is 1.20. The number of carbonyl (C=O) groups excluding carboxylic acids is 1. The zero-order valence-electron chi connectivity index (χ0n) is 12.3. The summed E-state index contributed by atoms with van der Waals surface area (Å²) < 4.78 is 7.93. The van der Waals surface area contributed by atoms with Crippen LogP contribution in [0.4, 0.5) is 0 Å². The van der Waals surface area contributed by atoms with Crippen molar-refractivity contribution >= 4 is 17.2 Å². The van der Waals surface area contributed by atoms with Gasteiger partial charge in [0.05, 0.1) is 13.0 Å². The van der Waals surface area contributed by atoms with Crippen LogP contribution in [0.5, 0.6) is 0 Å². The molecule has 116 valence electrons. The van der Waals surface area contributed by atoms with Gasteiger partial charge < -0.3 is 14.6 Å². The van der Waals surface area contributed by atoms with Gasteiger partial charge in [0, 0.05) is 36.3 Å². The monoisotopic (exact) mass is 317 g/mol. The minimum atomic E-state index is -0.0730. The van der Waals surface area contributed by atoms with Crippen LogP contribution in [-0.4, -0.2) is 28.1 Å². The molecule has 0 spiro atoms. The molecule has 0 aliphatic carbocycles. The highest BCUT2D eigenvalue weighted by Crippen LogP contribution is 2.33. The Bertz CT molecular complexity index is 678. The number of carbonyl (C=O) groups is 1. The fourth-order valence-corrected chi connectivity index (χ4v) is 4.32. The zero-order valence-corrected chi connectivity index (χ0v) is 13.1. The number of thiophene rings is 1. The maximum absolute atomic E-state index is 12.4. The third-order valence-corrected chi connectivity index (χ3v) is 5.49. The van der Waals surface area contributed by atoms with E-state index in [1.54, 1.807) is 11.3 Å². The van der Waals surface area contributed by atoms with Crippen molar-refractivity contribution in [2.24, 2.45) is 0 Å². The van der Waals surface area contributed by atoms with Crippen LogP contribution in [0.2, 0.25) is 0 Å². The van der Waals surface area contributed by atoms with Gasteiger partial charge in [0.15, 0.2) is 0 Å². The third kappa shape index (κ3) is 2.68. The Morgan fingerprint density at radius 3 is 3.41 bits per heavy atom. The second-order valence-corrected chi connectivity index (χ2v) is 6.87. The molecule has 2 aromatic rings. The Morgan fingerprint density at radius 2 is 2.45 bits per heavy atom. The van der Waals surface area contributed by atoms with Gasteiger partial charge >= 0.3 is 0 Å². The van der Waals surface area contributed by atoms with E-state index in [1.165, 1.54) is 10.4 Å². The lowest BCUT2D eigenvalue weighted by atomic mass is 10.0. The number of fused-ring (bicyclic) bond motifs is 2. The zero-order chi connectivity index (χ0) is 14.9. The van der Waals surface area contributed by atoms with Crippen LogP contribution in [0.3, 0.4) is 0 Å². The lowest BCUT2D eigenvalue weighted by Crippen LogP contribution is -2.41. The summed E-state index contributed by atoms with van der Waals surface area (Å²) in [6.07, 6.45) is 7.00. The summed E-state index contributed by atoms with van der Waals surface area (Å²) >= 11 is 1.70. The third-order valence-electron chi connectivity index (χ3n) is 4.43. The summed E-state index contributed by atoms with van der Waals surface area (Å²) in [5, 5.41) is 5.25. The number of amides is 1. The van der Waals surface area contributed by atoms with Crippen LogP contribution in [-0.2, 0) is 28.9 Å². The van der Waals surface area contributed by atoms with Gasteiger partial charge in [0.25, 0.3) is 0 Å². The standard InChI is InChI=1S/C16H19N3O2S/c20-15(9-13-16-11(3-7-21-13)4-8-22-16)18-12-1-2-14-17-5-6-19(14)10-12/h4-6,8,12-13H,1-3,7,9-10H2,(H,18,20). The van der Waals surface area contributed by atoms with E-state index >= 15 is 0 Å². The predicted molar refractivity (Wildman–Crippen MR) is 83.8 cm³/mol. The smallest absolute Gasteiger partial charge is 0.223 e. The Hall–Kier alpha value is -1.66. The maximum atomic E-state index is 12.4. The van der Waals surface area contributed by atoms with E-state index in [4.69, 9.17) is 4.74 Å². The van der Waals surface area contributed by atoms with Crippen LogP contribution in [0.1, 0.15) is 35.2 Å². The van der Waals surface area contributed by atoms with E-state index in [9.17, 15) is 4.79 Å². The number of hydrogen-bond donors (Lipinski definition) is 1. The van der Waals surface area contributed by atoms with E-state index < -0.39 is 0 Å². The lowest BCUT2D eigenvalue weighted by molar-refractivity contribution is -0.125. The molecule has 1 N–H and O–H groups in total. The molecule has 0 aromatic carbocycles. The summed E-state index contributed by atoms with van der Waals surface area (Å²) in [6.45, 7) is 1.53. The molecule has 0 fully saturated rings. The summed E-state index contributed by atoms with van der Waals surface area (Å²) in [7, 11) is 0. The van der Waals surface area contributed by atoms with Crippen molar-refractivity contribution in [1.29, 1.82) is 0 Å². The van der Waals surface area contributed by atoms with Gasteiger partial charge in [0.2, 0.25) is 5.91 Å². The highest BCUT2D eigenvalue weighted by molar-refractivity contribution is 7.10. The molecule has 2 aliphatic rings. The van der Waals surface area contributed by atoms with E-state index in [2.05, 4.69) is 26.3 Å². The molecule has 4 rings (SSSR count). The number of hydrogen-bond acceptors (Lipinski definition) is 4. The molecular weight excluding hydrogens is 298 g/mol. The maximum Gasteiger partial charge on any atom is 0.223 e. The van der Waals surface area contributed by atoms with Crippen LogP contribution >= 0.6 is 11.3 Å². The topological polar surface area (TPSA) is 56.1 Å². The number of ether oxygens (including phenoxy) is 1. The summed E-state index contributed by atoms with van der Waals surface area (Å²) in [4.78, 5) is 17.9. The Kier molecular flexibility index (Phi) is 3.72. The van der Waals surface area contributed by atoms with E-state index in [1.807, 2.05) is 12.4 Å². The molecule has 2 aromatic heterocycles. The van der Waals surface area contributed by atoms with Crippen molar-refractivity contribution in [2.45, 2.75) is 44.4 Å². The first-order chi connectivity index (χ1) is 10.8. The number of aromatic nitrogens is 2. The quantitative estimate of drug-likeness (QED) is 0.943. The number of nitrogens with zero attached hydrogens (tertiary/aromatic N) is 2. The fraction of sp³-hybridized carbons (Fsp3) is 0.500. The predicted octanol–water partition coefficient (Wildman–Crippen LogP) is 2.08. The van der Waals surface area contributed by atoms with Crippen LogP contribution in [0.25, 0.3) is 0 Å². The number of aryl methyl sites for hydroxylation is 1. The molecule has 22 heavy (non-hydrogen) atoms. The molecule has 5 nitrogen and oxygen atoms in total. The van der Waals surface area contributed by atoms with Gasteiger partial charge in [-0.3, -0.25) is 4.79 Å². The van der Waals surface area contributed by atoms with Crippen LogP contribution < -0.4 is 5.32 Å². The van der Waals surface area contributed by atoms with E-state index in [0.29, 0.717) is 13.0 Å².